The zero-order chi connectivity index (χ0) is 24.6. The van der Waals surface area contributed by atoms with Gasteiger partial charge in [0, 0.05) is 38.1 Å². The fourth-order valence-corrected chi connectivity index (χ4v) is 6.40. The van der Waals surface area contributed by atoms with E-state index in [1.165, 1.54) is 64.5 Å². The Balaban J connectivity index is 1.01. The Hall–Kier alpha value is -2.94. The highest BCUT2D eigenvalue weighted by Crippen LogP contribution is 2.29. The van der Waals surface area contributed by atoms with Gasteiger partial charge in [-0.2, -0.15) is 0 Å². The number of carbonyl (C=O) groups is 1. The molecule has 2 aliphatic heterocycles. The van der Waals surface area contributed by atoms with Gasteiger partial charge in [-0.1, -0.05) is 25.7 Å². The van der Waals surface area contributed by atoms with Crippen LogP contribution in [0.4, 0.5) is 5.82 Å². The molecule has 0 bridgehead atoms. The maximum atomic E-state index is 13.1. The first-order valence-corrected chi connectivity index (χ1v) is 13.7. The normalized spacial score (nSPS) is 21.1. The van der Waals surface area contributed by atoms with Crippen molar-refractivity contribution in [2.24, 2.45) is 5.92 Å². The SMILES string of the molecule is Cc1nc(N)c2ncn(C3CN(C(=O)c4ccn(CC5CCN(C6CCCCCC6)CC5)c4)C3)c2n1. The molecule has 2 saturated heterocycles. The number of hydrogen-bond acceptors (Lipinski definition) is 6. The van der Waals surface area contributed by atoms with Crippen LogP contribution in [0.3, 0.4) is 0 Å². The van der Waals surface area contributed by atoms with Gasteiger partial charge >= 0.3 is 0 Å². The van der Waals surface area contributed by atoms with Crippen LogP contribution in [-0.4, -0.2) is 72.0 Å². The van der Waals surface area contributed by atoms with Crippen molar-refractivity contribution in [3.8, 4) is 0 Å². The van der Waals surface area contributed by atoms with E-state index in [9.17, 15) is 4.79 Å². The second kappa shape index (κ2) is 9.84. The zero-order valence-corrected chi connectivity index (χ0v) is 21.3. The molecular weight excluding hydrogens is 452 g/mol. The molecule has 1 amide bonds. The van der Waals surface area contributed by atoms with Crippen molar-refractivity contribution in [3.63, 3.8) is 0 Å². The molecule has 9 nitrogen and oxygen atoms in total. The van der Waals surface area contributed by atoms with Crippen LogP contribution in [0.1, 0.15) is 73.6 Å². The van der Waals surface area contributed by atoms with Gasteiger partial charge in [-0.25, -0.2) is 15.0 Å². The van der Waals surface area contributed by atoms with Crippen molar-refractivity contribution < 1.29 is 4.79 Å². The summed E-state index contributed by atoms with van der Waals surface area (Å²) in [5.41, 5.74) is 8.15. The lowest BCUT2D eigenvalue weighted by atomic mass is 9.94. The van der Waals surface area contributed by atoms with E-state index in [0.29, 0.717) is 36.2 Å². The monoisotopic (exact) mass is 490 g/mol. The zero-order valence-electron chi connectivity index (χ0n) is 21.3. The smallest absolute Gasteiger partial charge is 0.255 e. The number of likely N-dealkylation sites (tertiary alicyclic amines) is 2. The first-order valence-electron chi connectivity index (χ1n) is 13.7. The average molecular weight is 491 g/mol. The van der Waals surface area contributed by atoms with Crippen LogP contribution >= 0.6 is 0 Å². The fourth-order valence-electron chi connectivity index (χ4n) is 6.40. The van der Waals surface area contributed by atoms with Crippen LogP contribution in [-0.2, 0) is 6.54 Å². The Morgan fingerprint density at radius 2 is 1.78 bits per heavy atom. The van der Waals surface area contributed by atoms with Crippen molar-refractivity contribution >= 4 is 22.9 Å². The summed E-state index contributed by atoms with van der Waals surface area (Å²) in [6, 6.07) is 2.95. The van der Waals surface area contributed by atoms with Gasteiger partial charge < -0.3 is 24.7 Å². The second-order valence-corrected chi connectivity index (χ2v) is 11.1. The number of nitrogens with zero attached hydrogens (tertiary/aromatic N) is 7. The molecule has 3 fully saturated rings. The predicted molar refractivity (Wildman–Crippen MR) is 140 cm³/mol. The molecule has 1 saturated carbocycles. The van der Waals surface area contributed by atoms with Crippen LogP contribution in [0, 0.1) is 12.8 Å². The molecule has 3 aromatic rings. The molecule has 0 spiro atoms. The van der Waals surface area contributed by atoms with Gasteiger partial charge in [-0.15, -0.1) is 0 Å². The number of nitrogens with two attached hydrogens (primary N) is 1. The van der Waals surface area contributed by atoms with E-state index in [2.05, 4.69) is 30.6 Å². The number of carbonyl (C=O) groups excluding carboxylic acids is 1. The number of rotatable bonds is 5. The van der Waals surface area contributed by atoms with E-state index in [1.807, 2.05) is 28.7 Å². The Bertz CT molecular complexity index is 1210. The molecule has 0 radical (unpaired) electrons. The molecular formula is C27H38N8O. The minimum absolute atomic E-state index is 0.0999. The van der Waals surface area contributed by atoms with E-state index in [4.69, 9.17) is 5.73 Å². The van der Waals surface area contributed by atoms with Crippen LogP contribution < -0.4 is 5.73 Å². The molecule has 3 aromatic heterocycles. The highest BCUT2D eigenvalue weighted by atomic mass is 16.2. The molecule has 3 aliphatic rings. The van der Waals surface area contributed by atoms with Gasteiger partial charge in [0.25, 0.3) is 5.91 Å². The topological polar surface area (TPSA) is 98.1 Å². The number of anilines is 1. The van der Waals surface area contributed by atoms with E-state index in [0.717, 1.165) is 23.8 Å². The standard InChI is InChI=1S/C27H38N8O/c1-19-30-25(28)24-26(31-19)35(18-29-24)23-16-34(17-23)27(36)21-10-11-32(15-21)14-20-8-12-33(13-9-20)22-6-4-2-3-5-7-22/h10-11,15,18,20,22-23H,2-9,12-14,16-17H2,1H3,(H2,28,30,31). The van der Waals surface area contributed by atoms with Gasteiger partial charge in [-0.3, -0.25) is 4.79 Å². The largest absolute Gasteiger partial charge is 0.382 e. The predicted octanol–water partition coefficient (Wildman–Crippen LogP) is 3.65. The lowest BCUT2D eigenvalue weighted by molar-refractivity contribution is 0.0525. The number of imidazole rings is 1. The van der Waals surface area contributed by atoms with Gasteiger partial charge in [0.2, 0.25) is 0 Å². The maximum absolute atomic E-state index is 13.1. The maximum Gasteiger partial charge on any atom is 0.255 e. The third-order valence-corrected chi connectivity index (χ3v) is 8.56. The van der Waals surface area contributed by atoms with E-state index in [1.54, 1.807) is 6.33 Å². The van der Waals surface area contributed by atoms with Gasteiger partial charge in [0.1, 0.15) is 11.3 Å². The Kier molecular flexibility index (Phi) is 6.41. The lowest BCUT2D eigenvalue weighted by Gasteiger charge is -2.39. The Morgan fingerprint density at radius 1 is 1.03 bits per heavy atom. The summed E-state index contributed by atoms with van der Waals surface area (Å²) in [7, 11) is 0. The summed E-state index contributed by atoms with van der Waals surface area (Å²) in [6.07, 6.45) is 16.8. The molecule has 9 heteroatoms. The lowest BCUT2D eigenvalue weighted by Crippen LogP contribution is -2.50. The number of piperidine rings is 1. The molecule has 0 unspecified atom stereocenters. The number of amides is 1. The molecule has 6 rings (SSSR count). The summed E-state index contributed by atoms with van der Waals surface area (Å²) in [5.74, 6) is 1.83. The van der Waals surface area contributed by atoms with Gasteiger partial charge in [0.05, 0.1) is 17.9 Å². The summed E-state index contributed by atoms with van der Waals surface area (Å²) in [4.78, 5) is 30.9. The molecule has 1 aliphatic carbocycles. The number of aromatic nitrogens is 5. The van der Waals surface area contributed by atoms with Crippen molar-refractivity contribution in [2.75, 3.05) is 31.9 Å². The number of nitrogen functional groups attached to an aromatic ring is 1. The number of hydrogen-bond donors (Lipinski definition) is 1. The molecule has 0 aromatic carbocycles. The molecule has 5 heterocycles. The number of fused-ring (bicyclic) bond motifs is 1. The molecule has 192 valence electrons. The van der Waals surface area contributed by atoms with Gasteiger partial charge in [-0.05, 0) is 57.7 Å². The first kappa shape index (κ1) is 23.5. The van der Waals surface area contributed by atoms with Gasteiger partial charge in [0.15, 0.2) is 11.5 Å². The first-order chi connectivity index (χ1) is 17.5. The summed E-state index contributed by atoms with van der Waals surface area (Å²) in [6.45, 7) is 6.61. The van der Waals surface area contributed by atoms with Crippen LogP contribution in [0.2, 0.25) is 0 Å². The average Bonchev–Trinajstić information content (AvgIpc) is 3.38. The third kappa shape index (κ3) is 4.61. The van der Waals surface area contributed by atoms with E-state index >= 15 is 0 Å². The molecule has 0 atom stereocenters. The van der Waals surface area contributed by atoms with Crippen molar-refractivity contribution in [1.29, 1.82) is 0 Å². The highest BCUT2D eigenvalue weighted by molar-refractivity contribution is 5.94. The Labute approximate surface area is 212 Å². The summed E-state index contributed by atoms with van der Waals surface area (Å²) in [5, 5.41) is 0. The minimum atomic E-state index is 0.0999. The second-order valence-electron chi connectivity index (χ2n) is 11.1. The molecule has 2 N–H and O–H groups in total. The fraction of sp³-hybridized carbons (Fsp3) is 0.630. The quantitative estimate of drug-likeness (QED) is 0.548. The van der Waals surface area contributed by atoms with Crippen LogP contribution in [0.5, 0.6) is 0 Å². The van der Waals surface area contributed by atoms with Crippen molar-refractivity contribution in [3.05, 3.63) is 36.2 Å². The van der Waals surface area contributed by atoms with Crippen molar-refractivity contribution in [2.45, 2.75) is 76.9 Å². The third-order valence-electron chi connectivity index (χ3n) is 8.56. The van der Waals surface area contributed by atoms with E-state index in [-0.39, 0.29) is 11.9 Å². The van der Waals surface area contributed by atoms with Crippen LogP contribution in [0.15, 0.2) is 24.8 Å². The summed E-state index contributed by atoms with van der Waals surface area (Å²) >= 11 is 0. The number of aryl methyl sites for hydroxylation is 1. The highest BCUT2D eigenvalue weighted by Gasteiger charge is 2.34. The molecule has 36 heavy (non-hydrogen) atoms. The summed E-state index contributed by atoms with van der Waals surface area (Å²) < 4.78 is 4.25. The van der Waals surface area contributed by atoms with Crippen molar-refractivity contribution in [1.82, 2.24) is 33.9 Å². The van der Waals surface area contributed by atoms with Crippen LogP contribution in [0.25, 0.3) is 11.2 Å². The Morgan fingerprint density at radius 3 is 2.53 bits per heavy atom. The minimum Gasteiger partial charge on any atom is -0.382 e. The van der Waals surface area contributed by atoms with E-state index < -0.39 is 0 Å².